The second kappa shape index (κ2) is 7.09. The van der Waals surface area contributed by atoms with E-state index in [-0.39, 0.29) is 4.90 Å². The molecule has 0 spiro atoms. The highest BCUT2D eigenvalue weighted by Gasteiger charge is 2.25. The minimum absolute atomic E-state index is 0.123. The number of thiazole rings is 1. The summed E-state index contributed by atoms with van der Waals surface area (Å²) in [5.74, 6) is 1.25. The summed E-state index contributed by atoms with van der Waals surface area (Å²) in [6, 6.07) is 12.5. The Balaban J connectivity index is 1.70. The van der Waals surface area contributed by atoms with Crippen LogP contribution >= 0.6 is 11.3 Å². The number of hydrogen-bond acceptors (Lipinski definition) is 7. The minimum atomic E-state index is -3.74. The van der Waals surface area contributed by atoms with E-state index < -0.39 is 10.0 Å². The third kappa shape index (κ3) is 3.43. The van der Waals surface area contributed by atoms with E-state index in [4.69, 9.17) is 9.47 Å². The Morgan fingerprint density at radius 3 is 2.85 bits per heavy atom. The summed E-state index contributed by atoms with van der Waals surface area (Å²) in [6.45, 7) is 1.07. The molecule has 1 N–H and O–H groups in total. The maximum atomic E-state index is 12.6. The highest BCUT2D eigenvalue weighted by Crippen LogP contribution is 2.41. The first kappa shape index (κ1) is 17.6. The van der Waals surface area contributed by atoms with Crippen molar-refractivity contribution in [1.82, 2.24) is 4.98 Å². The molecule has 7 nitrogen and oxygen atoms in total. The number of anilines is 3. The SMILES string of the molecule is COc1ccccc1N1CCOc2cc(S(=O)(=O)Nc3nccs3)ccc21. The second-order valence-electron chi connectivity index (χ2n) is 5.74. The predicted octanol–water partition coefficient (Wildman–Crippen LogP) is 3.48. The Hall–Kier alpha value is -2.78. The van der Waals surface area contributed by atoms with Gasteiger partial charge in [-0.25, -0.2) is 13.4 Å². The van der Waals surface area contributed by atoms with Crippen LogP contribution in [0.2, 0.25) is 0 Å². The van der Waals surface area contributed by atoms with Crippen LogP contribution < -0.4 is 19.1 Å². The quantitative estimate of drug-likeness (QED) is 0.702. The lowest BCUT2D eigenvalue weighted by Gasteiger charge is -2.32. The van der Waals surface area contributed by atoms with Crippen molar-refractivity contribution < 1.29 is 17.9 Å². The molecule has 27 heavy (non-hydrogen) atoms. The number of nitrogens with zero attached hydrogens (tertiary/aromatic N) is 2. The maximum Gasteiger partial charge on any atom is 0.263 e. The van der Waals surface area contributed by atoms with Gasteiger partial charge in [-0.05, 0) is 24.3 Å². The molecule has 0 unspecified atom stereocenters. The fourth-order valence-corrected chi connectivity index (χ4v) is 4.72. The molecule has 1 aromatic heterocycles. The van der Waals surface area contributed by atoms with Crippen molar-refractivity contribution in [1.29, 1.82) is 0 Å². The largest absolute Gasteiger partial charge is 0.495 e. The summed E-state index contributed by atoms with van der Waals surface area (Å²) in [4.78, 5) is 6.14. The Bertz CT molecular complexity index is 1050. The fourth-order valence-electron chi connectivity index (χ4n) is 2.92. The highest BCUT2D eigenvalue weighted by atomic mass is 32.2. The molecule has 0 bridgehead atoms. The van der Waals surface area contributed by atoms with Crippen molar-refractivity contribution in [2.24, 2.45) is 0 Å². The van der Waals surface area contributed by atoms with Gasteiger partial charge in [-0.3, -0.25) is 4.72 Å². The van der Waals surface area contributed by atoms with E-state index in [1.54, 1.807) is 30.8 Å². The van der Waals surface area contributed by atoms with Gasteiger partial charge in [0.25, 0.3) is 10.0 Å². The van der Waals surface area contributed by atoms with E-state index in [2.05, 4.69) is 14.6 Å². The first-order valence-electron chi connectivity index (χ1n) is 8.18. The van der Waals surface area contributed by atoms with Gasteiger partial charge in [-0.2, -0.15) is 0 Å². The van der Waals surface area contributed by atoms with Crippen LogP contribution in [0.15, 0.2) is 58.9 Å². The van der Waals surface area contributed by atoms with Gasteiger partial charge in [-0.15, -0.1) is 11.3 Å². The van der Waals surface area contributed by atoms with Crippen LogP contribution in [0, 0.1) is 0 Å². The molecule has 3 aromatic rings. The van der Waals surface area contributed by atoms with Gasteiger partial charge < -0.3 is 14.4 Å². The van der Waals surface area contributed by atoms with Crippen molar-refractivity contribution in [3.8, 4) is 11.5 Å². The van der Waals surface area contributed by atoms with Crippen molar-refractivity contribution >= 4 is 37.9 Å². The molecule has 2 aromatic carbocycles. The lowest BCUT2D eigenvalue weighted by Crippen LogP contribution is -2.29. The Morgan fingerprint density at radius 2 is 2.07 bits per heavy atom. The normalized spacial score (nSPS) is 13.6. The van der Waals surface area contributed by atoms with Gasteiger partial charge in [0.2, 0.25) is 0 Å². The number of hydrogen-bond donors (Lipinski definition) is 1. The van der Waals surface area contributed by atoms with Crippen molar-refractivity contribution in [2.45, 2.75) is 4.90 Å². The number of ether oxygens (including phenoxy) is 2. The molecule has 0 amide bonds. The average Bonchev–Trinajstić information content (AvgIpc) is 3.19. The summed E-state index contributed by atoms with van der Waals surface area (Å²) in [5.41, 5.74) is 1.69. The first-order chi connectivity index (χ1) is 13.1. The number of aromatic nitrogens is 1. The molecule has 0 radical (unpaired) electrons. The van der Waals surface area contributed by atoms with E-state index in [0.717, 1.165) is 17.1 Å². The van der Waals surface area contributed by atoms with Crippen LogP contribution in [-0.4, -0.2) is 33.7 Å². The number of nitrogens with one attached hydrogen (secondary N) is 1. The molecule has 0 aliphatic carbocycles. The van der Waals surface area contributed by atoms with Gasteiger partial charge in [0.1, 0.15) is 18.1 Å². The Labute approximate surface area is 161 Å². The van der Waals surface area contributed by atoms with Crippen molar-refractivity contribution in [3.63, 3.8) is 0 Å². The molecular weight excluding hydrogens is 386 g/mol. The topological polar surface area (TPSA) is 80.8 Å². The van der Waals surface area contributed by atoms with Crippen molar-refractivity contribution in [2.75, 3.05) is 29.9 Å². The third-order valence-corrected chi connectivity index (χ3v) is 6.29. The first-order valence-corrected chi connectivity index (χ1v) is 10.5. The summed E-state index contributed by atoms with van der Waals surface area (Å²) in [7, 11) is -2.11. The lowest BCUT2D eigenvalue weighted by atomic mass is 10.2. The number of rotatable bonds is 5. The second-order valence-corrected chi connectivity index (χ2v) is 8.32. The van der Waals surface area contributed by atoms with Gasteiger partial charge >= 0.3 is 0 Å². The molecule has 0 saturated carbocycles. The van der Waals surface area contributed by atoms with Crippen LogP contribution in [-0.2, 0) is 10.0 Å². The number of sulfonamides is 1. The van der Waals surface area contributed by atoms with Crippen LogP contribution in [0.25, 0.3) is 0 Å². The fraction of sp³-hybridized carbons (Fsp3) is 0.167. The molecular formula is C18H17N3O4S2. The highest BCUT2D eigenvalue weighted by molar-refractivity contribution is 7.93. The van der Waals surface area contributed by atoms with E-state index >= 15 is 0 Å². The van der Waals surface area contributed by atoms with E-state index in [0.29, 0.717) is 24.0 Å². The zero-order valence-electron chi connectivity index (χ0n) is 14.5. The molecule has 0 atom stereocenters. The molecule has 1 aliphatic rings. The molecule has 9 heteroatoms. The smallest absolute Gasteiger partial charge is 0.263 e. The number of para-hydroxylation sites is 2. The monoisotopic (exact) mass is 403 g/mol. The summed E-state index contributed by atoms with van der Waals surface area (Å²) in [5, 5.41) is 2.03. The van der Waals surface area contributed by atoms with Gasteiger partial charge in [0.15, 0.2) is 5.13 Å². The van der Waals surface area contributed by atoms with E-state index in [1.165, 1.54) is 17.4 Å². The lowest BCUT2D eigenvalue weighted by molar-refractivity contribution is 0.312. The molecule has 140 valence electrons. The van der Waals surface area contributed by atoms with Crippen molar-refractivity contribution in [3.05, 3.63) is 54.0 Å². The van der Waals surface area contributed by atoms with Crippen LogP contribution in [0.3, 0.4) is 0 Å². The number of fused-ring (bicyclic) bond motifs is 1. The summed E-state index contributed by atoms with van der Waals surface area (Å²) in [6.07, 6.45) is 1.55. The van der Waals surface area contributed by atoms with E-state index in [9.17, 15) is 8.42 Å². The van der Waals surface area contributed by atoms with Crippen LogP contribution in [0.1, 0.15) is 0 Å². The molecule has 0 fully saturated rings. The third-order valence-electron chi connectivity index (χ3n) is 4.13. The van der Waals surface area contributed by atoms with Crippen LogP contribution in [0.5, 0.6) is 11.5 Å². The zero-order chi connectivity index (χ0) is 18.9. The average molecular weight is 403 g/mol. The Kier molecular flexibility index (Phi) is 4.63. The van der Waals surface area contributed by atoms with Crippen LogP contribution in [0.4, 0.5) is 16.5 Å². The molecule has 0 saturated heterocycles. The van der Waals surface area contributed by atoms with E-state index in [1.807, 2.05) is 24.3 Å². The predicted molar refractivity (Wildman–Crippen MR) is 105 cm³/mol. The number of methoxy groups -OCH3 is 1. The molecule has 1 aliphatic heterocycles. The standard InChI is InChI=1S/C18H17N3O4S2/c1-24-16-5-3-2-4-14(16)21-9-10-25-17-12-13(6-7-15(17)21)27(22,23)20-18-19-8-11-26-18/h2-8,11-12H,9-10H2,1H3,(H,19,20). The van der Waals surface area contributed by atoms with Gasteiger partial charge in [0.05, 0.1) is 29.9 Å². The zero-order valence-corrected chi connectivity index (χ0v) is 16.1. The molecule has 2 heterocycles. The maximum absolute atomic E-state index is 12.6. The van der Waals surface area contributed by atoms with Gasteiger partial charge in [-0.1, -0.05) is 12.1 Å². The molecule has 4 rings (SSSR count). The minimum Gasteiger partial charge on any atom is -0.495 e. The number of benzene rings is 2. The van der Waals surface area contributed by atoms with Gasteiger partial charge in [0, 0.05) is 17.6 Å². The summed E-state index contributed by atoms with van der Waals surface area (Å²) < 4.78 is 38.9. The Morgan fingerprint density at radius 1 is 1.22 bits per heavy atom. The summed E-state index contributed by atoms with van der Waals surface area (Å²) >= 11 is 1.22.